The summed E-state index contributed by atoms with van der Waals surface area (Å²) < 4.78 is 9.69. The summed E-state index contributed by atoms with van der Waals surface area (Å²) in [6.07, 6.45) is 0. The summed E-state index contributed by atoms with van der Waals surface area (Å²) in [6, 6.07) is 8.38. The molecule has 2 aromatic rings. The maximum Gasteiger partial charge on any atom is 2.00 e. The van der Waals surface area contributed by atoms with Gasteiger partial charge in [-0.25, -0.2) is 0 Å². The van der Waals surface area contributed by atoms with Gasteiger partial charge in [-0.1, -0.05) is 0 Å². The first-order valence-electron chi connectivity index (χ1n) is 6.96. The fourth-order valence-corrected chi connectivity index (χ4v) is 1.82. The number of hydrogen-bond acceptors (Lipinski definition) is 8. The zero-order valence-electron chi connectivity index (χ0n) is 16.2. The Kier molecular flexibility index (Phi) is 24.7. The van der Waals surface area contributed by atoms with E-state index in [4.69, 9.17) is 31.1 Å². The zero-order chi connectivity index (χ0) is 19.7. The van der Waals surface area contributed by atoms with Gasteiger partial charge < -0.3 is 55.3 Å². The first-order chi connectivity index (χ1) is 12.4. The average Bonchev–Trinajstić information content (AvgIpc) is 2.66. The molecule has 0 spiro atoms. The van der Waals surface area contributed by atoms with Gasteiger partial charge in [-0.05, 0) is 47.2 Å². The molecule has 0 aromatic heterocycles. The Morgan fingerprint density at radius 2 is 1.06 bits per heavy atom. The number of nitrogens with one attached hydrogen (secondary N) is 2. The van der Waals surface area contributed by atoms with Crippen LogP contribution in [0.4, 0.5) is 11.4 Å². The fraction of sp³-hybridized carbons (Fsp3) is 0.125. The van der Waals surface area contributed by atoms with Gasteiger partial charge in [0, 0.05) is 12.1 Å². The summed E-state index contributed by atoms with van der Waals surface area (Å²) in [4.78, 5) is 5.85. The van der Waals surface area contributed by atoms with Gasteiger partial charge in [0.2, 0.25) is 22.3 Å². The normalized spacial score (nSPS) is 7.48. The maximum absolute atomic E-state index is 10.6. The van der Waals surface area contributed by atoms with Crippen molar-refractivity contribution >= 4 is 48.0 Å². The monoisotopic (exact) mass is 560 g/mol. The summed E-state index contributed by atoms with van der Waals surface area (Å²) in [6.45, 7) is 0. The number of nitrogens with zero attached hydrogens (tertiary/aromatic N) is 4. The van der Waals surface area contributed by atoms with Crippen molar-refractivity contribution in [3.8, 4) is 11.5 Å². The molecule has 15 heteroatoms. The van der Waals surface area contributed by atoms with E-state index in [1.807, 2.05) is 0 Å². The van der Waals surface area contributed by atoms with Gasteiger partial charge in [0.25, 0.3) is 0 Å². The van der Waals surface area contributed by atoms with Crippen LogP contribution in [0.1, 0.15) is 11.1 Å². The first kappa shape index (κ1) is 39.1. The van der Waals surface area contributed by atoms with Crippen molar-refractivity contribution in [2.75, 3.05) is 14.2 Å². The van der Waals surface area contributed by atoms with Gasteiger partial charge in [0.1, 0.15) is 0 Å². The summed E-state index contributed by atoms with van der Waals surface area (Å²) in [5.74, 6) is -0.944. The number of diazo groups is 2. The van der Waals surface area contributed by atoms with Gasteiger partial charge in [-0.2, -0.15) is 0 Å². The predicted molar refractivity (Wildman–Crippen MR) is 104 cm³/mol. The third-order valence-electron chi connectivity index (χ3n) is 3.10. The van der Waals surface area contributed by atoms with E-state index >= 15 is 0 Å². The van der Waals surface area contributed by atoms with E-state index in [9.17, 15) is 10.2 Å². The SMILES string of the molecule is COc1ccc(C(=N)[O-])cc1[N+]#N.COc1ccc(C(=N)[O-])cc1[N+]#N.Cl.Cl.[Cl-].[Cl-].[Zn+2]. The Hall–Kier alpha value is -2.40. The van der Waals surface area contributed by atoms with E-state index in [-0.39, 0.29) is 91.6 Å². The molecule has 0 saturated carbocycles. The molecule has 0 amide bonds. The Balaban J connectivity index is -0.000000125. The van der Waals surface area contributed by atoms with Crippen molar-refractivity contribution in [2.24, 2.45) is 0 Å². The molecule has 0 aliphatic heterocycles. The van der Waals surface area contributed by atoms with Gasteiger partial charge in [-0.3, -0.25) is 0 Å². The number of rotatable bonds is 4. The van der Waals surface area contributed by atoms with Crippen molar-refractivity contribution in [1.29, 1.82) is 21.6 Å². The predicted octanol–water partition coefficient (Wildman–Crippen LogP) is -3.42. The second-order valence-corrected chi connectivity index (χ2v) is 4.63. The van der Waals surface area contributed by atoms with Crippen LogP contribution >= 0.6 is 24.8 Å². The van der Waals surface area contributed by atoms with E-state index in [0.29, 0.717) is 11.5 Å². The van der Waals surface area contributed by atoms with Crippen LogP contribution in [-0.4, -0.2) is 26.0 Å². The zero-order valence-corrected chi connectivity index (χ0v) is 22.3. The molecule has 2 rings (SSSR count). The van der Waals surface area contributed by atoms with Crippen LogP contribution < -0.4 is 44.5 Å². The molecular weight excluding hydrogens is 547 g/mol. The number of ether oxygens (including phenoxy) is 2. The molecule has 0 heterocycles. The molecular formula is C16H16Cl4N6O4Zn. The van der Waals surface area contributed by atoms with Gasteiger partial charge in [-0.15, -0.1) is 24.8 Å². The standard InChI is InChI=1S/2C8H7N3O2.4ClH.Zn/c2*1-13-7-3-2-5(8(9)12)4-6(7)11-10;;;;;/h2*2-4H,1H3,(H-,9,12);4*1H;/q;;;;;;+2/p-2. The molecule has 0 fully saturated rings. The topological polar surface area (TPSA) is 169 Å². The van der Waals surface area contributed by atoms with Crippen molar-refractivity contribution in [3.05, 3.63) is 57.5 Å². The summed E-state index contributed by atoms with van der Waals surface area (Å²) >= 11 is 0. The summed E-state index contributed by atoms with van der Waals surface area (Å²) in [5.41, 5.74) is 0.600. The van der Waals surface area contributed by atoms with Crippen LogP contribution in [0.15, 0.2) is 36.4 Å². The molecule has 164 valence electrons. The Morgan fingerprint density at radius 1 is 0.774 bits per heavy atom. The molecule has 0 saturated heterocycles. The minimum Gasteiger partial charge on any atom is -1.00 e. The Morgan fingerprint density at radius 3 is 1.26 bits per heavy atom. The quantitative estimate of drug-likeness (QED) is 0.170. The van der Waals surface area contributed by atoms with Crippen LogP contribution in [0.25, 0.3) is 9.95 Å². The molecule has 0 unspecified atom stereocenters. The van der Waals surface area contributed by atoms with Crippen LogP contribution in [0.3, 0.4) is 0 Å². The van der Waals surface area contributed by atoms with Crippen LogP contribution in [-0.2, 0) is 19.5 Å². The second kappa shape index (κ2) is 19.6. The molecule has 0 radical (unpaired) electrons. The van der Waals surface area contributed by atoms with Crippen molar-refractivity contribution in [2.45, 2.75) is 0 Å². The molecule has 31 heavy (non-hydrogen) atoms. The number of hydrogen-bond donors (Lipinski definition) is 2. The number of halogens is 4. The summed E-state index contributed by atoms with van der Waals surface area (Å²) in [5, 5.41) is 51.9. The van der Waals surface area contributed by atoms with Gasteiger partial charge in [0.05, 0.1) is 14.2 Å². The van der Waals surface area contributed by atoms with Crippen molar-refractivity contribution < 1.29 is 64.0 Å². The smallest absolute Gasteiger partial charge is 1.00 e. The van der Waals surface area contributed by atoms with Crippen molar-refractivity contribution in [1.82, 2.24) is 0 Å². The van der Waals surface area contributed by atoms with Gasteiger partial charge in [0.15, 0.2) is 9.95 Å². The van der Waals surface area contributed by atoms with Gasteiger partial charge >= 0.3 is 30.9 Å². The fourth-order valence-electron chi connectivity index (χ4n) is 1.82. The van der Waals surface area contributed by atoms with Crippen LogP contribution in [0, 0.1) is 21.6 Å². The van der Waals surface area contributed by atoms with E-state index in [0.717, 1.165) is 0 Å². The third kappa shape index (κ3) is 11.5. The first-order valence-corrected chi connectivity index (χ1v) is 6.96. The Labute approximate surface area is 216 Å². The average molecular weight is 564 g/mol. The Bertz CT molecular complexity index is 862. The second-order valence-electron chi connectivity index (χ2n) is 4.63. The van der Waals surface area contributed by atoms with E-state index < -0.39 is 11.8 Å². The largest absolute Gasteiger partial charge is 2.00 e. The summed E-state index contributed by atoms with van der Waals surface area (Å²) in [7, 11) is 2.85. The van der Waals surface area contributed by atoms with E-state index in [1.165, 1.54) is 50.6 Å². The molecule has 10 nitrogen and oxygen atoms in total. The molecule has 2 aromatic carbocycles. The number of benzene rings is 2. The molecule has 2 N–H and O–H groups in total. The molecule has 0 bridgehead atoms. The molecule has 0 aliphatic rings. The molecule has 0 atom stereocenters. The van der Waals surface area contributed by atoms with Crippen LogP contribution in [0.2, 0.25) is 0 Å². The van der Waals surface area contributed by atoms with E-state index in [1.54, 1.807) is 0 Å². The maximum atomic E-state index is 10.6. The molecule has 0 aliphatic carbocycles. The minimum atomic E-state index is -0.826. The van der Waals surface area contributed by atoms with E-state index in [2.05, 4.69) is 9.95 Å². The number of methoxy groups -OCH3 is 2. The minimum absolute atomic E-state index is 0. The third-order valence-corrected chi connectivity index (χ3v) is 3.10. The van der Waals surface area contributed by atoms with Crippen molar-refractivity contribution in [3.63, 3.8) is 0 Å². The van der Waals surface area contributed by atoms with Crippen LogP contribution in [0.5, 0.6) is 11.5 Å².